The molecule has 0 fully saturated rings. The molecule has 2 rings (SSSR count). The second-order valence-electron chi connectivity index (χ2n) is 6.65. The first-order valence-corrected chi connectivity index (χ1v) is 8.97. The van der Waals surface area contributed by atoms with Gasteiger partial charge in [-0.2, -0.15) is 0 Å². The minimum atomic E-state index is -1.26. The quantitative estimate of drug-likeness (QED) is 0.571. The number of furan rings is 1. The number of hydrogen-bond donors (Lipinski definition) is 3. The normalized spacial score (nSPS) is 12.7. The Morgan fingerprint density at radius 1 is 1.07 bits per heavy atom. The van der Waals surface area contributed by atoms with Gasteiger partial charge in [0.25, 0.3) is 11.8 Å². The Balaban J connectivity index is 2.18. The lowest BCUT2D eigenvalue weighted by Crippen LogP contribution is -2.49. The van der Waals surface area contributed by atoms with E-state index >= 15 is 0 Å². The second kappa shape index (κ2) is 10.1. The van der Waals surface area contributed by atoms with Crippen molar-refractivity contribution in [2.24, 2.45) is 11.7 Å². The third-order valence-corrected chi connectivity index (χ3v) is 3.97. The Labute approximate surface area is 167 Å². The van der Waals surface area contributed by atoms with E-state index in [0.717, 1.165) is 5.56 Å². The molecule has 0 aliphatic rings. The third kappa shape index (κ3) is 6.49. The van der Waals surface area contributed by atoms with Gasteiger partial charge in [-0.25, -0.2) is 9.59 Å². The highest BCUT2D eigenvalue weighted by atomic mass is 16.6. The molecule has 0 unspecified atom stereocenters. The molecular formula is C20H23N3O6. The van der Waals surface area contributed by atoms with Crippen LogP contribution in [0.4, 0.5) is 4.79 Å². The van der Waals surface area contributed by atoms with Crippen LogP contribution in [-0.4, -0.2) is 36.0 Å². The van der Waals surface area contributed by atoms with Gasteiger partial charge in [0.15, 0.2) is 11.9 Å². The first-order valence-electron chi connectivity index (χ1n) is 8.97. The summed E-state index contributed by atoms with van der Waals surface area (Å²) < 4.78 is 10.4. The minimum absolute atomic E-state index is 0.0303. The molecule has 4 N–H and O–H groups in total. The Bertz CT molecular complexity index is 848. The molecule has 0 bridgehead atoms. The lowest BCUT2D eigenvalue weighted by Gasteiger charge is -2.23. The number of hydrogen-bond acceptors (Lipinski definition) is 6. The molecule has 9 nitrogen and oxygen atoms in total. The molecule has 2 aromatic rings. The van der Waals surface area contributed by atoms with Crippen LogP contribution < -0.4 is 16.4 Å². The fourth-order valence-corrected chi connectivity index (χ4v) is 2.57. The van der Waals surface area contributed by atoms with Crippen molar-refractivity contribution in [3.05, 3.63) is 60.1 Å². The van der Waals surface area contributed by atoms with Crippen molar-refractivity contribution in [2.75, 3.05) is 0 Å². The molecule has 0 aliphatic carbocycles. The molecule has 2 atom stereocenters. The Morgan fingerprint density at radius 2 is 1.76 bits per heavy atom. The van der Waals surface area contributed by atoms with E-state index < -0.39 is 41.9 Å². The maximum absolute atomic E-state index is 12.8. The van der Waals surface area contributed by atoms with Crippen LogP contribution in [0.1, 0.15) is 30.0 Å². The molecule has 1 aromatic heterocycles. The Kier molecular flexibility index (Phi) is 7.53. The average Bonchev–Trinajstić information content (AvgIpc) is 3.20. The maximum Gasteiger partial charge on any atom is 0.329 e. The molecule has 9 heteroatoms. The SMILES string of the molecule is CC(C)[C@H](OC(=O)[C@H](Cc1ccccc1)NC(=O)c1ccco1)C(=O)NC(N)=O. The van der Waals surface area contributed by atoms with E-state index in [2.05, 4.69) is 5.32 Å². The summed E-state index contributed by atoms with van der Waals surface area (Å²) in [7, 11) is 0. The van der Waals surface area contributed by atoms with Crippen LogP contribution in [-0.2, 0) is 20.7 Å². The summed E-state index contributed by atoms with van der Waals surface area (Å²) in [5, 5.41) is 4.46. The summed E-state index contributed by atoms with van der Waals surface area (Å²) in [5.74, 6) is -2.67. The van der Waals surface area contributed by atoms with Crippen molar-refractivity contribution >= 4 is 23.8 Å². The first-order chi connectivity index (χ1) is 13.8. The monoisotopic (exact) mass is 401 g/mol. The number of amides is 4. The van der Waals surface area contributed by atoms with Gasteiger partial charge >= 0.3 is 12.0 Å². The van der Waals surface area contributed by atoms with Crippen LogP contribution in [0, 0.1) is 5.92 Å². The standard InChI is InChI=1S/C20H23N3O6/c1-12(2)16(18(25)23-20(21)27)29-19(26)14(11-13-7-4-3-5-8-13)22-17(24)15-9-6-10-28-15/h3-10,12,14,16H,11H2,1-2H3,(H,22,24)(H3,21,23,25,27)/t14-,16-/m0/s1. The topological polar surface area (TPSA) is 141 Å². The third-order valence-electron chi connectivity index (χ3n) is 3.97. The Morgan fingerprint density at radius 3 is 2.31 bits per heavy atom. The van der Waals surface area contributed by atoms with Gasteiger partial charge in [0.2, 0.25) is 0 Å². The summed E-state index contributed by atoms with van der Waals surface area (Å²) in [6.07, 6.45) is 0.213. The van der Waals surface area contributed by atoms with Crippen molar-refractivity contribution in [1.82, 2.24) is 10.6 Å². The van der Waals surface area contributed by atoms with E-state index in [1.165, 1.54) is 12.3 Å². The number of urea groups is 1. The molecule has 0 spiro atoms. The number of ether oxygens (including phenoxy) is 1. The predicted molar refractivity (Wildman–Crippen MR) is 103 cm³/mol. The highest BCUT2D eigenvalue weighted by molar-refractivity contribution is 5.98. The van der Waals surface area contributed by atoms with E-state index in [0.29, 0.717) is 0 Å². The average molecular weight is 401 g/mol. The summed E-state index contributed by atoms with van der Waals surface area (Å²) in [4.78, 5) is 48.2. The molecular weight excluding hydrogens is 378 g/mol. The van der Waals surface area contributed by atoms with Crippen LogP contribution >= 0.6 is 0 Å². The van der Waals surface area contributed by atoms with E-state index in [1.54, 1.807) is 44.2 Å². The highest BCUT2D eigenvalue weighted by Gasteiger charge is 2.32. The molecule has 0 radical (unpaired) electrons. The van der Waals surface area contributed by atoms with Crippen LogP contribution in [0.3, 0.4) is 0 Å². The molecule has 1 heterocycles. The van der Waals surface area contributed by atoms with Crippen molar-refractivity contribution in [3.63, 3.8) is 0 Å². The number of rotatable bonds is 8. The molecule has 29 heavy (non-hydrogen) atoms. The summed E-state index contributed by atoms with van der Waals surface area (Å²) in [6, 6.07) is 9.85. The van der Waals surface area contributed by atoms with Crippen molar-refractivity contribution in [1.29, 1.82) is 0 Å². The summed E-state index contributed by atoms with van der Waals surface area (Å²) in [5.41, 5.74) is 5.74. The van der Waals surface area contributed by atoms with Crippen LogP contribution in [0.2, 0.25) is 0 Å². The van der Waals surface area contributed by atoms with E-state index in [1.807, 2.05) is 11.4 Å². The lowest BCUT2D eigenvalue weighted by molar-refractivity contribution is -0.160. The lowest BCUT2D eigenvalue weighted by atomic mass is 10.0. The Hall–Kier alpha value is -3.62. The van der Waals surface area contributed by atoms with Gasteiger partial charge in [-0.1, -0.05) is 44.2 Å². The summed E-state index contributed by atoms with van der Waals surface area (Å²) >= 11 is 0. The van der Waals surface area contributed by atoms with Crippen LogP contribution in [0.25, 0.3) is 0 Å². The van der Waals surface area contributed by atoms with Crippen LogP contribution in [0.15, 0.2) is 53.1 Å². The number of carbonyl (C=O) groups excluding carboxylic acids is 4. The number of esters is 1. The number of imide groups is 1. The molecule has 4 amide bonds. The number of benzene rings is 1. The zero-order chi connectivity index (χ0) is 21.4. The molecule has 154 valence electrons. The van der Waals surface area contributed by atoms with Gasteiger partial charge in [-0.05, 0) is 23.6 Å². The zero-order valence-corrected chi connectivity index (χ0v) is 16.1. The molecule has 0 saturated heterocycles. The van der Waals surface area contributed by atoms with Gasteiger partial charge in [-0.15, -0.1) is 0 Å². The smallest absolute Gasteiger partial charge is 0.329 e. The van der Waals surface area contributed by atoms with Gasteiger partial charge in [0.05, 0.1) is 6.26 Å². The van der Waals surface area contributed by atoms with Crippen LogP contribution in [0.5, 0.6) is 0 Å². The van der Waals surface area contributed by atoms with Crippen molar-refractivity contribution in [2.45, 2.75) is 32.4 Å². The van der Waals surface area contributed by atoms with Gasteiger partial charge in [-0.3, -0.25) is 14.9 Å². The minimum Gasteiger partial charge on any atom is -0.459 e. The van der Waals surface area contributed by atoms with E-state index in [-0.39, 0.29) is 12.2 Å². The zero-order valence-electron chi connectivity index (χ0n) is 16.1. The molecule has 1 aromatic carbocycles. The van der Waals surface area contributed by atoms with Crippen molar-refractivity contribution < 1.29 is 28.3 Å². The highest BCUT2D eigenvalue weighted by Crippen LogP contribution is 2.12. The van der Waals surface area contributed by atoms with Gasteiger partial charge in [0.1, 0.15) is 6.04 Å². The molecule has 0 saturated carbocycles. The fraction of sp³-hybridized carbons (Fsp3) is 0.300. The van der Waals surface area contributed by atoms with Gasteiger partial charge < -0.3 is 20.2 Å². The number of nitrogens with two attached hydrogens (primary N) is 1. The number of carbonyl (C=O) groups is 4. The second-order valence-corrected chi connectivity index (χ2v) is 6.65. The first kappa shape index (κ1) is 21.7. The maximum atomic E-state index is 12.8. The molecule has 0 aliphatic heterocycles. The largest absolute Gasteiger partial charge is 0.459 e. The predicted octanol–water partition coefficient (Wildman–Crippen LogP) is 1.38. The van der Waals surface area contributed by atoms with Crippen molar-refractivity contribution in [3.8, 4) is 0 Å². The van der Waals surface area contributed by atoms with Gasteiger partial charge in [0, 0.05) is 6.42 Å². The van der Waals surface area contributed by atoms with E-state index in [4.69, 9.17) is 14.9 Å². The van der Waals surface area contributed by atoms with E-state index in [9.17, 15) is 19.2 Å². The fourth-order valence-electron chi connectivity index (χ4n) is 2.57. The number of primary amides is 1. The number of nitrogens with one attached hydrogen (secondary N) is 2. The summed E-state index contributed by atoms with van der Waals surface area (Å²) in [6.45, 7) is 3.29.